The predicted octanol–water partition coefficient (Wildman–Crippen LogP) is 2.30. The lowest BCUT2D eigenvalue weighted by atomic mass is 10.1. The normalized spacial score (nSPS) is 23.2. The number of rotatable bonds is 2. The number of carbonyl (C=O) groups is 1. The summed E-state index contributed by atoms with van der Waals surface area (Å²) in [6, 6.07) is 8.31. The number of amides is 1. The maximum atomic E-state index is 12.9. The second kappa shape index (κ2) is 6.59. The molecular weight excluding hydrogens is 322 g/mol. The molecule has 2 aliphatic heterocycles. The van der Waals surface area contributed by atoms with Gasteiger partial charge in [0.1, 0.15) is 5.75 Å². The number of hydrogen-bond acceptors (Lipinski definition) is 3. The first-order valence-electron chi connectivity index (χ1n) is 8.85. The third-order valence-electron chi connectivity index (χ3n) is 4.87. The highest BCUT2D eigenvalue weighted by Crippen LogP contribution is 2.34. The molecular formula is C18H23N3O2S. The molecule has 24 heavy (non-hydrogen) atoms. The Kier molecular flexibility index (Phi) is 4.31. The van der Waals surface area contributed by atoms with Gasteiger partial charge in [-0.2, -0.15) is 0 Å². The van der Waals surface area contributed by atoms with E-state index in [4.69, 9.17) is 17.0 Å². The lowest BCUT2D eigenvalue weighted by Gasteiger charge is -2.38. The molecule has 0 spiro atoms. The zero-order chi connectivity index (χ0) is 16.5. The molecule has 2 heterocycles. The zero-order valence-electron chi connectivity index (χ0n) is 13.7. The highest BCUT2D eigenvalue weighted by Gasteiger charge is 2.36. The van der Waals surface area contributed by atoms with Crippen LogP contribution >= 0.6 is 12.2 Å². The predicted molar refractivity (Wildman–Crippen MR) is 97.4 cm³/mol. The van der Waals surface area contributed by atoms with E-state index in [0.717, 1.165) is 37.4 Å². The Morgan fingerprint density at radius 2 is 1.92 bits per heavy atom. The number of para-hydroxylation sites is 2. The van der Waals surface area contributed by atoms with Gasteiger partial charge < -0.3 is 19.9 Å². The fraction of sp³-hybridized carbons (Fsp3) is 0.556. The number of nitrogens with zero attached hydrogens (tertiary/aromatic N) is 2. The van der Waals surface area contributed by atoms with Crippen molar-refractivity contribution in [3.63, 3.8) is 0 Å². The van der Waals surface area contributed by atoms with Crippen molar-refractivity contribution in [1.82, 2.24) is 10.2 Å². The SMILES string of the molecule is O=C([C@@H]1CN(C(=S)NC2CC2)c2ccccc2O1)N1CCCCC1. The average molecular weight is 345 g/mol. The number of nitrogens with one attached hydrogen (secondary N) is 1. The standard InChI is InChI=1S/C18H23N3O2S/c22-17(20-10-4-1-5-11-20)16-12-21(18(24)19-13-8-9-13)14-6-2-3-7-15(14)23-16/h2-3,6-7,13,16H,1,4-5,8-12H2,(H,19,24)/t16-/m0/s1. The van der Waals surface area contributed by atoms with E-state index in [2.05, 4.69) is 5.32 Å². The lowest BCUT2D eigenvalue weighted by Crippen LogP contribution is -2.54. The number of likely N-dealkylation sites (tertiary alicyclic amines) is 1. The monoisotopic (exact) mass is 345 g/mol. The maximum absolute atomic E-state index is 12.9. The molecule has 4 rings (SSSR count). The molecule has 0 aromatic heterocycles. The van der Waals surface area contributed by atoms with Crippen molar-refractivity contribution in [3.05, 3.63) is 24.3 Å². The third-order valence-corrected chi connectivity index (χ3v) is 5.21. The molecule has 0 radical (unpaired) electrons. The summed E-state index contributed by atoms with van der Waals surface area (Å²) in [6.45, 7) is 2.15. The summed E-state index contributed by atoms with van der Waals surface area (Å²) in [5, 5.41) is 4.08. The van der Waals surface area contributed by atoms with Gasteiger partial charge >= 0.3 is 0 Å². The minimum absolute atomic E-state index is 0.0865. The van der Waals surface area contributed by atoms with Gasteiger partial charge in [0.05, 0.1) is 12.2 Å². The Bertz CT molecular complexity index is 641. The van der Waals surface area contributed by atoms with Gasteiger partial charge in [0.25, 0.3) is 5.91 Å². The fourth-order valence-corrected chi connectivity index (χ4v) is 3.69. The van der Waals surface area contributed by atoms with Gasteiger partial charge in [-0.3, -0.25) is 4.79 Å². The number of benzene rings is 1. The van der Waals surface area contributed by atoms with Gasteiger partial charge in [-0.1, -0.05) is 12.1 Å². The van der Waals surface area contributed by atoms with Crippen LogP contribution in [0.15, 0.2) is 24.3 Å². The summed E-state index contributed by atoms with van der Waals surface area (Å²) in [4.78, 5) is 16.8. The summed E-state index contributed by atoms with van der Waals surface area (Å²) < 4.78 is 6.03. The Morgan fingerprint density at radius 3 is 2.67 bits per heavy atom. The molecule has 1 saturated carbocycles. The number of ether oxygens (including phenoxy) is 1. The first-order valence-corrected chi connectivity index (χ1v) is 9.26. The highest BCUT2D eigenvalue weighted by molar-refractivity contribution is 7.80. The fourth-order valence-electron chi connectivity index (χ4n) is 3.35. The zero-order valence-corrected chi connectivity index (χ0v) is 14.6. The molecule has 0 unspecified atom stereocenters. The molecule has 3 aliphatic rings. The second-order valence-corrected chi connectivity index (χ2v) is 7.18. The third kappa shape index (κ3) is 3.20. The second-order valence-electron chi connectivity index (χ2n) is 6.79. The van der Waals surface area contributed by atoms with Crippen LogP contribution in [0.1, 0.15) is 32.1 Å². The summed E-state index contributed by atoms with van der Waals surface area (Å²) in [5.74, 6) is 0.822. The van der Waals surface area contributed by atoms with E-state index in [-0.39, 0.29) is 5.91 Å². The molecule has 1 atom stereocenters. The first kappa shape index (κ1) is 15.7. The topological polar surface area (TPSA) is 44.8 Å². The number of thiocarbonyl (C=S) groups is 1. The molecule has 1 aromatic rings. The van der Waals surface area contributed by atoms with Gasteiger partial charge in [0.2, 0.25) is 0 Å². The van der Waals surface area contributed by atoms with Crippen LogP contribution in [0.3, 0.4) is 0 Å². The van der Waals surface area contributed by atoms with Crippen molar-refractivity contribution < 1.29 is 9.53 Å². The molecule has 1 saturated heterocycles. The van der Waals surface area contributed by atoms with Crippen LogP contribution in [0.2, 0.25) is 0 Å². The molecule has 1 aromatic carbocycles. The van der Waals surface area contributed by atoms with E-state index in [1.54, 1.807) is 0 Å². The quantitative estimate of drug-likeness (QED) is 0.834. The number of fused-ring (bicyclic) bond motifs is 1. The van der Waals surface area contributed by atoms with Crippen LogP contribution in [0, 0.1) is 0 Å². The van der Waals surface area contributed by atoms with Gasteiger partial charge in [0, 0.05) is 19.1 Å². The maximum Gasteiger partial charge on any atom is 0.265 e. The summed E-state index contributed by atoms with van der Waals surface area (Å²) in [7, 11) is 0. The average Bonchev–Trinajstić information content (AvgIpc) is 3.44. The lowest BCUT2D eigenvalue weighted by molar-refractivity contribution is -0.139. The number of anilines is 1. The minimum Gasteiger partial charge on any atom is -0.476 e. The first-order chi connectivity index (χ1) is 11.7. The summed E-state index contributed by atoms with van der Waals surface area (Å²) >= 11 is 5.60. The molecule has 2 fully saturated rings. The van der Waals surface area contributed by atoms with E-state index in [0.29, 0.717) is 17.7 Å². The van der Waals surface area contributed by atoms with Crippen molar-refractivity contribution >= 4 is 28.9 Å². The summed E-state index contributed by atoms with van der Waals surface area (Å²) in [5.41, 5.74) is 0.943. The summed E-state index contributed by atoms with van der Waals surface area (Å²) in [6.07, 6.45) is 5.22. The van der Waals surface area contributed by atoms with Gasteiger partial charge in [0.15, 0.2) is 11.2 Å². The Labute approximate surface area is 147 Å². The minimum atomic E-state index is -0.489. The van der Waals surface area contributed by atoms with E-state index in [9.17, 15) is 4.79 Å². The van der Waals surface area contributed by atoms with Crippen LogP contribution in [0.25, 0.3) is 0 Å². The van der Waals surface area contributed by atoms with Crippen LogP contribution in [-0.2, 0) is 4.79 Å². The molecule has 0 bridgehead atoms. The Balaban J connectivity index is 1.54. The van der Waals surface area contributed by atoms with Crippen LogP contribution in [-0.4, -0.2) is 47.7 Å². The van der Waals surface area contributed by atoms with Gasteiger partial charge in [-0.25, -0.2) is 0 Å². The highest BCUT2D eigenvalue weighted by atomic mass is 32.1. The largest absolute Gasteiger partial charge is 0.476 e. The molecule has 5 nitrogen and oxygen atoms in total. The molecule has 1 amide bonds. The van der Waals surface area contributed by atoms with E-state index in [1.807, 2.05) is 34.1 Å². The van der Waals surface area contributed by atoms with Crippen LogP contribution in [0.5, 0.6) is 5.75 Å². The van der Waals surface area contributed by atoms with E-state index < -0.39 is 6.10 Å². The molecule has 6 heteroatoms. The van der Waals surface area contributed by atoms with Crippen LogP contribution < -0.4 is 15.0 Å². The molecule has 128 valence electrons. The Hall–Kier alpha value is -1.82. The van der Waals surface area contributed by atoms with Crippen LogP contribution in [0.4, 0.5) is 5.69 Å². The molecule has 1 aliphatic carbocycles. The number of carbonyl (C=O) groups excluding carboxylic acids is 1. The number of hydrogen-bond donors (Lipinski definition) is 1. The molecule has 1 N–H and O–H groups in total. The Morgan fingerprint density at radius 1 is 1.17 bits per heavy atom. The number of piperidine rings is 1. The van der Waals surface area contributed by atoms with Gasteiger partial charge in [-0.15, -0.1) is 0 Å². The van der Waals surface area contributed by atoms with E-state index >= 15 is 0 Å². The van der Waals surface area contributed by atoms with Gasteiger partial charge in [-0.05, 0) is 56.5 Å². The smallest absolute Gasteiger partial charge is 0.265 e. The van der Waals surface area contributed by atoms with E-state index in [1.165, 1.54) is 19.3 Å². The van der Waals surface area contributed by atoms with Crippen molar-refractivity contribution in [2.75, 3.05) is 24.5 Å². The van der Waals surface area contributed by atoms with Crippen molar-refractivity contribution in [1.29, 1.82) is 0 Å². The van der Waals surface area contributed by atoms with Crippen molar-refractivity contribution in [3.8, 4) is 5.75 Å². The van der Waals surface area contributed by atoms with Crippen molar-refractivity contribution in [2.24, 2.45) is 0 Å². The van der Waals surface area contributed by atoms with Crippen molar-refractivity contribution in [2.45, 2.75) is 44.2 Å².